The van der Waals surface area contributed by atoms with Crippen molar-refractivity contribution in [1.29, 1.82) is 0 Å². The molecule has 95 heavy (non-hydrogen) atoms. The van der Waals surface area contributed by atoms with E-state index in [1.807, 2.05) is 0 Å². The van der Waals surface area contributed by atoms with Crippen LogP contribution in [0.2, 0.25) is 0 Å². The van der Waals surface area contributed by atoms with E-state index < -0.39 is 97.5 Å². The van der Waals surface area contributed by atoms with Crippen LogP contribution in [0, 0.1) is 5.92 Å². The Kier molecular flexibility index (Phi) is 67.7. The zero-order chi connectivity index (χ0) is 69.8. The van der Waals surface area contributed by atoms with Crippen molar-refractivity contribution in [1.82, 2.24) is 0 Å². The van der Waals surface area contributed by atoms with Crippen LogP contribution < -0.4 is 0 Å². The van der Waals surface area contributed by atoms with E-state index in [2.05, 4.69) is 34.6 Å². The highest BCUT2D eigenvalue weighted by atomic mass is 31.2. The summed E-state index contributed by atoms with van der Waals surface area (Å²) in [7, 11) is -9.91. The van der Waals surface area contributed by atoms with Gasteiger partial charge in [-0.15, -0.1) is 0 Å². The number of phosphoric ester groups is 2. The normalized spacial score (nSPS) is 14.2. The molecule has 0 bridgehead atoms. The Morgan fingerprint density at radius 2 is 0.505 bits per heavy atom. The predicted octanol–water partition coefficient (Wildman–Crippen LogP) is 22.5. The average Bonchev–Trinajstić information content (AvgIpc) is 3.58. The van der Waals surface area contributed by atoms with Crippen LogP contribution in [0.3, 0.4) is 0 Å². The molecule has 0 aliphatic carbocycles. The Balaban J connectivity index is 5.19. The van der Waals surface area contributed by atoms with Crippen LogP contribution >= 0.6 is 15.6 Å². The Bertz CT molecular complexity index is 1820. The molecule has 0 spiro atoms. The number of rotatable bonds is 76. The lowest BCUT2D eigenvalue weighted by molar-refractivity contribution is -0.161. The molecule has 0 aliphatic rings. The van der Waals surface area contributed by atoms with Crippen molar-refractivity contribution >= 4 is 39.5 Å². The Hall–Kier alpha value is -1.94. The van der Waals surface area contributed by atoms with Gasteiger partial charge in [0, 0.05) is 25.7 Å². The molecule has 0 heterocycles. The first-order valence-electron chi connectivity index (χ1n) is 39.7. The van der Waals surface area contributed by atoms with E-state index >= 15 is 0 Å². The van der Waals surface area contributed by atoms with E-state index in [1.165, 1.54) is 218 Å². The van der Waals surface area contributed by atoms with Crippen LogP contribution in [0.1, 0.15) is 401 Å². The zero-order valence-corrected chi connectivity index (χ0v) is 63.6. The number of unbranched alkanes of at least 4 members (excludes halogenated alkanes) is 47. The van der Waals surface area contributed by atoms with E-state index in [-0.39, 0.29) is 25.7 Å². The topological polar surface area (TPSA) is 237 Å². The smallest absolute Gasteiger partial charge is 0.462 e. The minimum Gasteiger partial charge on any atom is -0.462 e. The maximum atomic E-state index is 13.1. The first-order valence-corrected chi connectivity index (χ1v) is 42.7. The molecule has 3 N–H and O–H groups in total. The first-order chi connectivity index (χ1) is 46.1. The number of aliphatic hydroxyl groups excluding tert-OH is 1. The van der Waals surface area contributed by atoms with Gasteiger partial charge in [-0.3, -0.25) is 37.3 Å². The van der Waals surface area contributed by atoms with Crippen LogP contribution in [0.25, 0.3) is 0 Å². The van der Waals surface area contributed by atoms with E-state index in [4.69, 9.17) is 37.0 Å². The molecule has 0 aromatic carbocycles. The second-order valence-corrected chi connectivity index (χ2v) is 30.5. The fourth-order valence-electron chi connectivity index (χ4n) is 11.7. The summed E-state index contributed by atoms with van der Waals surface area (Å²) >= 11 is 0. The fourth-order valence-corrected chi connectivity index (χ4v) is 13.3. The lowest BCUT2D eigenvalue weighted by Crippen LogP contribution is -2.30. The van der Waals surface area contributed by atoms with Crippen molar-refractivity contribution in [3.05, 3.63) is 0 Å². The lowest BCUT2D eigenvalue weighted by Gasteiger charge is -2.21. The predicted molar refractivity (Wildman–Crippen MR) is 386 cm³/mol. The third-order valence-electron chi connectivity index (χ3n) is 18.1. The van der Waals surface area contributed by atoms with Gasteiger partial charge in [-0.25, -0.2) is 9.13 Å². The van der Waals surface area contributed by atoms with Crippen LogP contribution in [0.5, 0.6) is 0 Å². The minimum absolute atomic E-state index is 0.106. The molecule has 0 rings (SSSR count). The van der Waals surface area contributed by atoms with Crippen LogP contribution in [0.4, 0.5) is 0 Å². The monoisotopic (exact) mass is 1400 g/mol. The molecule has 0 aromatic heterocycles. The molecule has 19 heteroatoms. The summed E-state index contributed by atoms with van der Waals surface area (Å²) in [5, 5.41) is 10.6. The SMILES string of the molecule is CCCCCCCCCCCCCCCCCCCCCCCC(=O)O[C@H](COC(=O)CCCCCCCCCCCCCCC)COP(=O)(O)OC[C@@H](O)COP(=O)(O)OC[C@@H](COC(=O)CCCCCCCCC(C)CC)OC(=O)CCCCCCCCCCCCC. The van der Waals surface area contributed by atoms with E-state index in [9.17, 15) is 43.2 Å². The van der Waals surface area contributed by atoms with E-state index in [1.54, 1.807) is 0 Å². The van der Waals surface area contributed by atoms with Gasteiger partial charge in [-0.1, -0.05) is 349 Å². The molecule has 0 saturated carbocycles. The average molecular weight is 1400 g/mol. The number of phosphoric acid groups is 2. The van der Waals surface area contributed by atoms with Gasteiger partial charge >= 0.3 is 39.5 Å². The number of aliphatic hydroxyl groups is 1. The second kappa shape index (κ2) is 69.2. The number of esters is 4. The molecule has 17 nitrogen and oxygen atoms in total. The number of carbonyl (C=O) groups is 4. The van der Waals surface area contributed by atoms with E-state index in [0.717, 1.165) is 102 Å². The number of hydrogen-bond donors (Lipinski definition) is 3. The summed E-state index contributed by atoms with van der Waals surface area (Å²) in [6.07, 6.45) is 58.3. The summed E-state index contributed by atoms with van der Waals surface area (Å²) in [6, 6.07) is 0. The van der Waals surface area contributed by atoms with Crippen molar-refractivity contribution < 1.29 is 80.2 Å². The third-order valence-corrected chi connectivity index (χ3v) is 20.0. The quantitative estimate of drug-likeness (QED) is 0.0222. The lowest BCUT2D eigenvalue weighted by atomic mass is 10.00. The van der Waals surface area contributed by atoms with Gasteiger partial charge < -0.3 is 33.8 Å². The van der Waals surface area contributed by atoms with Crippen LogP contribution in [-0.2, 0) is 65.4 Å². The molecular weight excluding hydrogens is 1250 g/mol. The molecular formula is C76H148O17P2. The molecule has 0 aliphatic heterocycles. The van der Waals surface area contributed by atoms with Crippen LogP contribution in [-0.4, -0.2) is 96.7 Å². The second-order valence-electron chi connectivity index (χ2n) is 27.6. The molecule has 0 amide bonds. The highest BCUT2D eigenvalue weighted by Gasteiger charge is 2.30. The van der Waals surface area contributed by atoms with Gasteiger partial charge in [0.25, 0.3) is 0 Å². The number of carbonyl (C=O) groups excluding carboxylic acids is 4. The highest BCUT2D eigenvalue weighted by Crippen LogP contribution is 2.45. The van der Waals surface area contributed by atoms with Gasteiger partial charge in [-0.05, 0) is 31.6 Å². The zero-order valence-electron chi connectivity index (χ0n) is 61.8. The van der Waals surface area contributed by atoms with Gasteiger partial charge in [-0.2, -0.15) is 0 Å². The number of ether oxygens (including phenoxy) is 4. The van der Waals surface area contributed by atoms with Gasteiger partial charge in [0.15, 0.2) is 12.2 Å². The molecule has 0 aromatic rings. The van der Waals surface area contributed by atoms with Crippen molar-refractivity contribution in [2.45, 2.75) is 419 Å². The number of hydrogen-bond acceptors (Lipinski definition) is 15. The summed E-state index contributed by atoms with van der Waals surface area (Å²) in [4.78, 5) is 72.7. The fraction of sp³-hybridized carbons (Fsp3) is 0.947. The van der Waals surface area contributed by atoms with Crippen molar-refractivity contribution in [2.24, 2.45) is 5.92 Å². The Labute approximate surface area is 581 Å². The largest absolute Gasteiger partial charge is 0.472 e. The standard InChI is InChI=1S/C76H148O17P2/c1-6-10-13-16-19-22-25-27-28-29-30-31-32-33-34-36-39-42-45-52-57-62-76(81)92-71(65-86-73(78)59-54-49-43-40-38-35-26-23-20-17-14-11-7-2)67-90-94(82,83)88-63-70(77)64-89-95(84,85)91-68-72(66-87-74(79)60-55-50-47-46-48-53-58-69(5)9-4)93-75(80)61-56-51-44-41-37-24-21-18-15-12-8-3/h69-72,77H,6-68H2,1-5H3,(H,82,83)(H,84,85)/t69?,70-,71-,72-/m1/s1. The van der Waals surface area contributed by atoms with E-state index in [0.29, 0.717) is 25.7 Å². The summed E-state index contributed by atoms with van der Waals surface area (Å²) < 4.78 is 68.5. The minimum atomic E-state index is -4.96. The molecule has 3 unspecified atom stereocenters. The third kappa shape index (κ3) is 69.0. The highest BCUT2D eigenvalue weighted by molar-refractivity contribution is 7.47. The molecule has 6 atom stereocenters. The molecule has 0 radical (unpaired) electrons. The van der Waals surface area contributed by atoms with Gasteiger partial charge in [0.05, 0.1) is 26.4 Å². The van der Waals surface area contributed by atoms with Gasteiger partial charge in [0.2, 0.25) is 0 Å². The van der Waals surface area contributed by atoms with Crippen molar-refractivity contribution in [3.63, 3.8) is 0 Å². The Morgan fingerprint density at radius 1 is 0.295 bits per heavy atom. The summed E-state index contributed by atoms with van der Waals surface area (Å²) in [5.41, 5.74) is 0. The maximum Gasteiger partial charge on any atom is 0.472 e. The van der Waals surface area contributed by atoms with Crippen LogP contribution in [0.15, 0.2) is 0 Å². The van der Waals surface area contributed by atoms with Gasteiger partial charge in [0.1, 0.15) is 19.3 Å². The maximum absolute atomic E-state index is 13.1. The summed E-state index contributed by atoms with van der Waals surface area (Å²) in [5.74, 6) is -1.38. The Morgan fingerprint density at radius 3 is 0.747 bits per heavy atom. The molecule has 0 saturated heterocycles. The molecule has 564 valence electrons. The van der Waals surface area contributed by atoms with Crippen molar-refractivity contribution in [2.75, 3.05) is 39.6 Å². The van der Waals surface area contributed by atoms with Crippen molar-refractivity contribution in [3.8, 4) is 0 Å². The summed E-state index contributed by atoms with van der Waals surface area (Å²) in [6.45, 7) is 7.24. The molecule has 0 fully saturated rings. The first kappa shape index (κ1) is 93.1.